The topological polar surface area (TPSA) is 65.9 Å². The molecular weight excluding hydrogens is 342 g/mol. The lowest BCUT2D eigenvalue weighted by atomic mass is 10.1. The van der Waals surface area contributed by atoms with Crippen LogP contribution in [0.5, 0.6) is 5.75 Å². The Morgan fingerprint density at radius 2 is 2.15 bits per heavy atom. The van der Waals surface area contributed by atoms with E-state index in [0.29, 0.717) is 11.8 Å². The van der Waals surface area contributed by atoms with Crippen molar-refractivity contribution >= 4 is 5.97 Å². The number of nitrogens with zero attached hydrogens (tertiary/aromatic N) is 3. The van der Waals surface area contributed by atoms with Crippen molar-refractivity contribution in [1.82, 2.24) is 14.8 Å². The maximum absolute atomic E-state index is 10.9. The second kappa shape index (κ2) is 8.97. The van der Waals surface area contributed by atoms with Crippen molar-refractivity contribution in [2.75, 3.05) is 33.3 Å². The van der Waals surface area contributed by atoms with Crippen LogP contribution in [0.3, 0.4) is 0 Å². The minimum Gasteiger partial charge on any atom is -0.482 e. The Hall–Kier alpha value is -2.44. The molecule has 0 amide bonds. The van der Waals surface area contributed by atoms with E-state index in [1.165, 1.54) is 0 Å². The van der Waals surface area contributed by atoms with Crippen LogP contribution in [0.2, 0.25) is 0 Å². The molecule has 6 nitrogen and oxygen atoms in total. The molecule has 0 unspecified atom stereocenters. The number of rotatable bonds is 6. The molecule has 1 saturated heterocycles. The standard InChI is InChI=1S/C21H27N3O3/c1-16-13-23(2)10-5-11-24(16)14-18-12-17(19-6-3-4-9-22-19)7-8-20(18)27-15-21(25)26/h3-4,6-9,12,16H,5,10-11,13-15H2,1-2H3,(H,25,26)/t16-/m1/s1. The van der Waals surface area contributed by atoms with E-state index < -0.39 is 5.97 Å². The zero-order chi connectivity index (χ0) is 19.2. The third-order valence-electron chi connectivity index (χ3n) is 4.93. The van der Waals surface area contributed by atoms with Crippen LogP contribution < -0.4 is 4.74 Å². The second-order valence-corrected chi connectivity index (χ2v) is 7.16. The van der Waals surface area contributed by atoms with Gasteiger partial charge in [0, 0.05) is 43.0 Å². The maximum atomic E-state index is 10.9. The van der Waals surface area contributed by atoms with Gasteiger partial charge in [0.2, 0.25) is 0 Å². The highest BCUT2D eigenvalue weighted by Gasteiger charge is 2.21. The first-order valence-electron chi connectivity index (χ1n) is 9.34. The van der Waals surface area contributed by atoms with Crippen molar-refractivity contribution in [2.24, 2.45) is 0 Å². The lowest BCUT2D eigenvalue weighted by molar-refractivity contribution is -0.139. The van der Waals surface area contributed by atoms with Gasteiger partial charge in [0.25, 0.3) is 0 Å². The van der Waals surface area contributed by atoms with Gasteiger partial charge >= 0.3 is 5.97 Å². The molecule has 1 aliphatic rings. The third-order valence-corrected chi connectivity index (χ3v) is 4.93. The molecule has 1 aromatic heterocycles. The average molecular weight is 369 g/mol. The Labute approximate surface area is 160 Å². The minimum atomic E-state index is -0.973. The molecule has 0 aliphatic carbocycles. The molecule has 1 N–H and O–H groups in total. The van der Waals surface area contributed by atoms with Crippen LogP contribution in [0.15, 0.2) is 42.6 Å². The molecular formula is C21H27N3O3. The highest BCUT2D eigenvalue weighted by molar-refractivity contribution is 5.69. The fraction of sp³-hybridized carbons (Fsp3) is 0.429. The van der Waals surface area contributed by atoms with Crippen molar-refractivity contribution in [3.63, 3.8) is 0 Å². The summed E-state index contributed by atoms with van der Waals surface area (Å²) in [6.07, 6.45) is 2.89. The zero-order valence-electron chi connectivity index (χ0n) is 16.0. The molecule has 1 atom stereocenters. The first-order chi connectivity index (χ1) is 13.0. The van der Waals surface area contributed by atoms with Gasteiger partial charge in [0.1, 0.15) is 5.75 Å². The molecule has 3 rings (SSSR count). The summed E-state index contributed by atoms with van der Waals surface area (Å²) in [6.45, 7) is 5.75. The SMILES string of the molecule is C[C@@H]1CN(C)CCCN1Cc1cc(-c2ccccn2)ccc1OCC(=O)O. The molecule has 6 heteroatoms. The number of aliphatic carboxylic acids is 1. The van der Waals surface area contributed by atoms with Gasteiger partial charge < -0.3 is 14.7 Å². The predicted molar refractivity (Wildman–Crippen MR) is 105 cm³/mol. The molecule has 1 aliphatic heterocycles. The van der Waals surface area contributed by atoms with Crippen LogP contribution in [0.4, 0.5) is 0 Å². The summed E-state index contributed by atoms with van der Waals surface area (Å²) in [6, 6.07) is 12.1. The summed E-state index contributed by atoms with van der Waals surface area (Å²) >= 11 is 0. The molecule has 1 aromatic carbocycles. The van der Waals surface area contributed by atoms with E-state index in [4.69, 9.17) is 9.84 Å². The molecule has 0 radical (unpaired) electrons. The number of aromatic nitrogens is 1. The Morgan fingerprint density at radius 1 is 1.30 bits per heavy atom. The quantitative estimate of drug-likeness (QED) is 0.845. The molecule has 27 heavy (non-hydrogen) atoms. The van der Waals surface area contributed by atoms with Gasteiger partial charge in [-0.2, -0.15) is 0 Å². The van der Waals surface area contributed by atoms with Crippen molar-refractivity contribution in [2.45, 2.75) is 25.9 Å². The van der Waals surface area contributed by atoms with E-state index >= 15 is 0 Å². The summed E-state index contributed by atoms with van der Waals surface area (Å²) in [5.41, 5.74) is 2.90. The van der Waals surface area contributed by atoms with E-state index in [-0.39, 0.29) is 6.61 Å². The van der Waals surface area contributed by atoms with Crippen LogP contribution in [-0.2, 0) is 11.3 Å². The summed E-state index contributed by atoms with van der Waals surface area (Å²) < 4.78 is 5.56. The van der Waals surface area contributed by atoms with Gasteiger partial charge in [-0.15, -0.1) is 0 Å². The number of benzene rings is 1. The van der Waals surface area contributed by atoms with Crippen molar-refractivity contribution in [3.8, 4) is 17.0 Å². The number of ether oxygens (including phenoxy) is 1. The Bertz CT molecular complexity index is 767. The van der Waals surface area contributed by atoms with E-state index in [0.717, 1.165) is 49.4 Å². The molecule has 2 aromatic rings. The number of carbonyl (C=O) groups is 1. The highest BCUT2D eigenvalue weighted by Crippen LogP contribution is 2.28. The van der Waals surface area contributed by atoms with Crippen LogP contribution in [0.25, 0.3) is 11.3 Å². The summed E-state index contributed by atoms with van der Waals surface area (Å²) in [5.74, 6) is -0.346. The first kappa shape index (κ1) is 19.3. The lowest BCUT2D eigenvalue weighted by Crippen LogP contribution is -2.37. The molecule has 0 saturated carbocycles. The van der Waals surface area contributed by atoms with Gasteiger partial charge in [-0.25, -0.2) is 4.79 Å². The molecule has 144 valence electrons. The number of carboxylic acid groups (broad SMARTS) is 1. The van der Waals surface area contributed by atoms with Crippen molar-refractivity contribution in [3.05, 3.63) is 48.2 Å². The summed E-state index contributed by atoms with van der Waals surface area (Å²) in [5, 5.41) is 8.98. The van der Waals surface area contributed by atoms with Gasteiger partial charge in [-0.1, -0.05) is 6.07 Å². The normalized spacial score (nSPS) is 18.8. The number of hydrogen-bond donors (Lipinski definition) is 1. The van der Waals surface area contributed by atoms with Gasteiger partial charge in [-0.05, 0) is 57.3 Å². The smallest absolute Gasteiger partial charge is 0.341 e. The Kier molecular flexibility index (Phi) is 6.42. The van der Waals surface area contributed by atoms with Crippen LogP contribution in [-0.4, -0.2) is 65.2 Å². The van der Waals surface area contributed by atoms with E-state index in [1.807, 2.05) is 30.3 Å². The van der Waals surface area contributed by atoms with Crippen LogP contribution >= 0.6 is 0 Å². The van der Waals surface area contributed by atoms with Crippen molar-refractivity contribution in [1.29, 1.82) is 0 Å². The predicted octanol–water partition coefficient (Wildman–Crippen LogP) is 2.74. The fourth-order valence-corrected chi connectivity index (χ4v) is 3.55. The molecule has 1 fully saturated rings. The van der Waals surface area contributed by atoms with E-state index in [9.17, 15) is 4.79 Å². The average Bonchev–Trinajstić information content (AvgIpc) is 2.81. The zero-order valence-corrected chi connectivity index (χ0v) is 16.0. The number of hydrogen-bond acceptors (Lipinski definition) is 5. The minimum absolute atomic E-state index is 0.339. The number of pyridine rings is 1. The molecule has 2 heterocycles. The van der Waals surface area contributed by atoms with Crippen LogP contribution in [0, 0.1) is 0 Å². The summed E-state index contributed by atoms with van der Waals surface area (Å²) in [4.78, 5) is 20.2. The largest absolute Gasteiger partial charge is 0.482 e. The Morgan fingerprint density at radius 3 is 2.89 bits per heavy atom. The maximum Gasteiger partial charge on any atom is 0.341 e. The van der Waals surface area contributed by atoms with Crippen LogP contribution in [0.1, 0.15) is 18.9 Å². The summed E-state index contributed by atoms with van der Waals surface area (Å²) in [7, 11) is 2.16. The second-order valence-electron chi connectivity index (χ2n) is 7.16. The molecule has 0 spiro atoms. The van der Waals surface area contributed by atoms with Gasteiger partial charge in [0.05, 0.1) is 5.69 Å². The molecule has 0 bridgehead atoms. The number of carboxylic acids is 1. The highest BCUT2D eigenvalue weighted by atomic mass is 16.5. The van der Waals surface area contributed by atoms with E-state index in [1.54, 1.807) is 6.20 Å². The van der Waals surface area contributed by atoms with E-state index in [2.05, 4.69) is 34.8 Å². The van der Waals surface area contributed by atoms with Gasteiger partial charge in [0.15, 0.2) is 6.61 Å². The Balaban J connectivity index is 1.87. The van der Waals surface area contributed by atoms with Gasteiger partial charge in [-0.3, -0.25) is 9.88 Å². The fourth-order valence-electron chi connectivity index (χ4n) is 3.55. The monoisotopic (exact) mass is 369 g/mol. The van der Waals surface area contributed by atoms with Crippen molar-refractivity contribution < 1.29 is 14.6 Å². The lowest BCUT2D eigenvalue weighted by Gasteiger charge is -2.28. The number of likely N-dealkylation sites (N-methyl/N-ethyl adjacent to an activating group) is 1. The first-order valence-corrected chi connectivity index (χ1v) is 9.34. The third kappa shape index (κ3) is 5.28.